The molecule has 0 aliphatic carbocycles. The molecular formula is C15H17FN2O2. The number of ether oxygens (including phenoxy) is 2. The Bertz CT molecular complexity index is 582. The predicted octanol–water partition coefficient (Wildman–Crippen LogP) is 3.04. The number of rotatable bonds is 5. The summed E-state index contributed by atoms with van der Waals surface area (Å²) in [6.07, 6.45) is 0. The van der Waals surface area contributed by atoms with E-state index in [1.54, 1.807) is 20.3 Å². The van der Waals surface area contributed by atoms with Crippen LogP contribution in [0.25, 0.3) is 0 Å². The normalized spacial score (nSPS) is 10.2. The highest BCUT2D eigenvalue weighted by Gasteiger charge is 2.05. The minimum absolute atomic E-state index is 0.361. The Morgan fingerprint density at radius 3 is 2.45 bits per heavy atom. The van der Waals surface area contributed by atoms with E-state index in [1.807, 2.05) is 18.2 Å². The molecule has 4 nitrogen and oxygen atoms in total. The second-order valence-corrected chi connectivity index (χ2v) is 4.32. The van der Waals surface area contributed by atoms with Gasteiger partial charge in [-0.1, -0.05) is 6.07 Å². The summed E-state index contributed by atoms with van der Waals surface area (Å²) < 4.78 is 23.6. The van der Waals surface area contributed by atoms with Crippen molar-refractivity contribution in [3.05, 3.63) is 47.8 Å². The lowest BCUT2D eigenvalue weighted by atomic mass is 10.2. The molecule has 106 valence electrons. The quantitative estimate of drug-likeness (QED) is 0.824. The molecule has 20 heavy (non-hydrogen) atoms. The van der Waals surface area contributed by atoms with Gasteiger partial charge in [0.2, 0.25) is 0 Å². The Hall–Kier alpha value is -2.43. The smallest absolute Gasteiger partial charge is 0.161 e. The van der Waals surface area contributed by atoms with E-state index < -0.39 is 0 Å². The van der Waals surface area contributed by atoms with E-state index in [2.05, 4.69) is 5.32 Å². The van der Waals surface area contributed by atoms with Crippen LogP contribution in [0.5, 0.6) is 11.5 Å². The minimum Gasteiger partial charge on any atom is -0.493 e. The zero-order chi connectivity index (χ0) is 14.5. The van der Waals surface area contributed by atoms with Crippen LogP contribution in [0.3, 0.4) is 0 Å². The van der Waals surface area contributed by atoms with Gasteiger partial charge < -0.3 is 20.5 Å². The molecule has 2 rings (SSSR count). The number of methoxy groups -OCH3 is 2. The zero-order valence-corrected chi connectivity index (χ0v) is 11.4. The van der Waals surface area contributed by atoms with Crippen LogP contribution in [0.4, 0.5) is 15.8 Å². The number of nitrogens with one attached hydrogen (secondary N) is 1. The number of nitrogens with two attached hydrogens (primary N) is 1. The van der Waals surface area contributed by atoms with E-state index in [1.165, 1.54) is 12.1 Å². The molecule has 0 unspecified atom stereocenters. The number of anilines is 2. The molecule has 0 saturated carbocycles. The molecule has 0 bridgehead atoms. The molecule has 0 aliphatic rings. The van der Waals surface area contributed by atoms with Gasteiger partial charge >= 0.3 is 0 Å². The Kier molecular flexibility index (Phi) is 4.30. The summed E-state index contributed by atoms with van der Waals surface area (Å²) in [5.74, 6) is 0.969. The van der Waals surface area contributed by atoms with Crippen molar-refractivity contribution < 1.29 is 13.9 Å². The number of hydrogen-bond acceptors (Lipinski definition) is 4. The van der Waals surface area contributed by atoms with Crippen molar-refractivity contribution in [2.24, 2.45) is 0 Å². The van der Waals surface area contributed by atoms with Crippen LogP contribution in [0.1, 0.15) is 5.56 Å². The van der Waals surface area contributed by atoms with Gasteiger partial charge in [0, 0.05) is 17.9 Å². The molecule has 0 fully saturated rings. The van der Waals surface area contributed by atoms with Gasteiger partial charge in [0.15, 0.2) is 11.5 Å². The molecule has 0 atom stereocenters. The van der Waals surface area contributed by atoms with E-state index in [0.717, 1.165) is 5.56 Å². The first-order valence-electron chi connectivity index (χ1n) is 6.13. The van der Waals surface area contributed by atoms with Crippen LogP contribution in [0.15, 0.2) is 36.4 Å². The fourth-order valence-electron chi connectivity index (χ4n) is 1.91. The SMILES string of the molecule is COc1ccc(CNc2cc(N)cc(F)c2)cc1OC. The topological polar surface area (TPSA) is 56.5 Å². The van der Waals surface area contributed by atoms with Crippen molar-refractivity contribution >= 4 is 11.4 Å². The summed E-state index contributed by atoms with van der Waals surface area (Å²) in [4.78, 5) is 0. The van der Waals surface area contributed by atoms with Gasteiger partial charge in [-0.25, -0.2) is 4.39 Å². The first-order chi connectivity index (χ1) is 9.62. The average Bonchev–Trinajstić information content (AvgIpc) is 2.43. The molecule has 3 N–H and O–H groups in total. The molecule has 5 heteroatoms. The van der Waals surface area contributed by atoms with E-state index >= 15 is 0 Å². The second kappa shape index (κ2) is 6.14. The third kappa shape index (κ3) is 3.32. The summed E-state index contributed by atoms with van der Waals surface area (Å²) in [7, 11) is 3.17. The number of hydrogen-bond donors (Lipinski definition) is 2. The van der Waals surface area contributed by atoms with Crippen molar-refractivity contribution in [1.29, 1.82) is 0 Å². The van der Waals surface area contributed by atoms with Crippen LogP contribution in [-0.4, -0.2) is 14.2 Å². The van der Waals surface area contributed by atoms with Gasteiger partial charge in [-0.3, -0.25) is 0 Å². The Balaban J connectivity index is 2.10. The van der Waals surface area contributed by atoms with Gasteiger partial charge in [0.1, 0.15) is 5.82 Å². The summed E-state index contributed by atoms with van der Waals surface area (Å²) >= 11 is 0. The maximum Gasteiger partial charge on any atom is 0.161 e. The van der Waals surface area contributed by atoms with Crippen molar-refractivity contribution in [3.8, 4) is 11.5 Å². The molecule has 0 saturated heterocycles. The lowest BCUT2D eigenvalue weighted by molar-refractivity contribution is 0.354. The lowest BCUT2D eigenvalue weighted by Crippen LogP contribution is -2.01. The average molecular weight is 276 g/mol. The second-order valence-electron chi connectivity index (χ2n) is 4.32. The fourth-order valence-corrected chi connectivity index (χ4v) is 1.91. The first-order valence-corrected chi connectivity index (χ1v) is 6.13. The van der Waals surface area contributed by atoms with Crippen molar-refractivity contribution in [3.63, 3.8) is 0 Å². The van der Waals surface area contributed by atoms with E-state index in [4.69, 9.17) is 15.2 Å². The molecule has 2 aromatic rings. The molecule has 2 aromatic carbocycles. The zero-order valence-electron chi connectivity index (χ0n) is 11.4. The number of nitrogen functional groups attached to an aromatic ring is 1. The molecular weight excluding hydrogens is 259 g/mol. The van der Waals surface area contributed by atoms with Crippen molar-refractivity contribution in [2.75, 3.05) is 25.3 Å². The molecule has 0 aliphatic heterocycles. The minimum atomic E-state index is -0.361. The summed E-state index contributed by atoms with van der Waals surface area (Å²) in [5, 5.41) is 3.12. The third-order valence-corrected chi connectivity index (χ3v) is 2.86. The van der Waals surface area contributed by atoms with Crippen LogP contribution >= 0.6 is 0 Å². The summed E-state index contributed by atoms with van der Waals surface area (Å²) in [6, 6.07) is 9.98. The lowest BCUT2D eigenvalue weighted by Gasteiger charge is -2.11. The highest BCUT2D eigenvalue weighted by molar-refractivity contribution is 5.55. The van der Waals surface area contributed by atoms with Gasteiger partial charge in [-0.05, 0) is 35.9 Å². The number of benzene rings is 2. The van der Waals surface area contributed by atoms with Gasteiger partial charge in [-0.2, -0.15) is 0 Å². The van der Waals surface area contributed by atoms with E-state index in [-0.39, 0.29) is 5.82 Å². The fraction of sp³-hybridized carbons (Fsp3) is 0.200. The largest absolute Gasteiger partial charge is 0.493 e. The van der Waals surface area contributed by atoms with Crippen LogP contribution < -0.4 is 20.5 Å². The molecule has 0 spiro atoms. The standard InChI is InChI=1S/C15H17FN2O2/c1-19-14-4-3-10(5-15(14)20-2)9-18-13-7-11(16)6-12(17)8-13/h3-8,18H,9,17H2,1-2H3. The van der Waals surface area contributed by atoms with Crippen LogP contribution in [0, 0.1) is 5.82 Å². The molecule has 0 amide bonds. The maximum absolute atomic E-state index is 13.2. The van der Waals surface area contributed by atoms with Gasteiger partial charge in [-0.15, -0.1) is 0 Å². The highest BCUT2D eigenvalue weighted by Crippen LogP contribution is 2.28. The third-order valence-electron chi connectivity index (χ3n) is 2.86. The summed E-state index contributed by atoms with van der Waals surface area (Å²) in [5.41, 5.74) is 7.61. The van der Waals surface area contributed by atoms with Gasteiger partial charge in [0.25, 0.3) is 0 Å². The first kappa shape index (κ1) is 14.0. The predicted molar refractivity (Wildman–Crippen MR) is 77.7 cm³/mol. The monoisotopic (exact) mass is 276 g/mol. The summed E-state index contributed by atoms with van der Waals surface area (Å²) in [6.45, 7) is 0.531. The molecule has 0 aromatic heterocycles. The van der Waals surface area contributed by atoms with Crippen LogP contribution in [-0.2, 0) is 6.54 Å². The molecule has 0 radical (unpaired) electrons. The Morgan fingerprint density at radius 2 is 1.80 bits per heavy atom. The molecule has 0 heterocycles. The van der Waals surface area contributed by atoms with Crippen molar-refractivity contribution in [1.82, 2.24) is 0 Å². The Labute approximate surface area is 117 Å². The van der Waals surface area contributed by atoms with E-state index in [9.17, 15) is 4.39 Å². The van der Waals surface area contributed by atoms with Gasteiger partial charge in [0.05, 0.1) is 14.2 Å². The highest BCUT2D eigenvalue weighted by atomic mass is 19.1. The van der Waals surface area contributed by atoms with E-state index in [0.29, 0.717) is 29.4 Å². The number of halogens is 1. The maximum atomic E-state index is 13.2. The van der Waals surface area contributed by atoms with Crippen LogP contribution in [0.2, 0.25) is 0 Å². The Morgan fingerprint density at radius 1 is 1.05 bits per heavy atom. The van der Waals surface area contributed by atoms with Crippen molar-refractivity contribution in [2.45, 2.75) is 6.54 Å².